The first kappa shape index (κ1) is 22.9. The molecule has 2 aromatic carbocycles. The molecule has 9 nitrogen and oxygen atoms in total. The molecule has 1 unspecified atom stereocenters. The van der Waals surface area contributed by atoms with E-state index >= 15 is 0 Å². The number of hydrogen-bond donors (Lipinski definition) is 5. The molecule has 5 N–H and O–H groups in total. The molecule has 2 aromatic rings. The largest absolute Gasteiger partial charge is 0.507 e. The molecule has 0 aliphatic heterocycles. The second-order valence-corrected chi connectivity index (χ2v) is 7.27. The highest BCUT2D eigenvalue weighted by Gasteiger charge is 2.17. The lowest BCUT2D eigenvalue weighted by molar-refractivity contribution is -0.138. The van der Waals surface area contributed by atoms with Crippen LogP contribution in [0.4, 0.5) is 0 Å². The Balaban J connectivity index is 1.98. The summed E-state index contributed by atoms with van der Waals surface area (Å²) in [6.07, 6.45) is -0.116. The number of nitrogens with one attached hydrogen (secondary N) is 2. The van der Waals surface area contributed by atoms with E-state index in [9.17, 15) is 24.3 Å². The van der Waals surface area contributed by atoms with Crippen LogP contribution in [0.2, 0.25) is 0 Å². The molecule has 0 radical (unpaired) electrons. The summed E-state index contributed by atoms with van der Waals surface area (Å²) in [7, 11) is 0. The number of aliphatic carboxylic acids is 1. The summed E-state index contributed by atoms with van der Waals surface area (Å²) in [5.41, 5.74) is 0.926. The number of phenols is 1. The topological polar surface area (TPSA) is 153 Å². The predicted molar refractivity (Wildman–Crippen MR) is 108 cm³/mol. The summed E-state index contributed by atoms with van der Waals surface area (Å²) in [6, 6.07) is 9.51. The SMILES string of the molecule is CC(NSc1ccc(O)c(C(=O)O)c1)c1ccc(C(=O)N[C@H](C=O)CC(=O)O)cc1. The summed E-state index contributed by atoms with van der Waals surface area (Å²) in [6.45, 7) is 1.87. The Morgan fingerprint density at radius 1 is 1.10 bits per heavy atom. The van der Waals surface area contributed by atoms with Crippen LogP contribution in [0.25, 0.3) is 0 Å². The molecule has 1 amide bonds. The van der Waals surface area contributed by atoms with Crippen LogP contribution in [0.5, 0.6) is 5.75 Å². The maximum absolute atomic E-state index is 12.2. The molecule has 0 heterocycles. The van der Waals surface area contributed by atoms with Gasteiger partial charge in [-0.15, -0.1) is 0 Å². The Kier molecular flexibility index (Phi) is 7.96. The van der Waals surface area contributed by atoms with Crippen LogP contribution in [0, 0.1) is 0 Å². The van der Waals surface area contributed by atoms with Crippen LogP contribution >= 0.6 is 11.9 Å². The van der Waals surface area contributed by atoms with Crippen LogP contribution in [0.3, 0.4) is 0 Å². The van der Waals surface area contributed by atoms with Gasteiger partial charge in [0.25, 0.3) is 5.91 Å². The van der Waals surface area contributed by atoms with Gasteiger partial charge < -0.3 is 25.4 Å². The average molecular weight is 432 g/mol. The molecule has 0 saturated carbocycles. The van der Waals surface area contributed by atoms with E-state index < -0.39 is 30.3 Å². The molecule has 0 fully saturated rings. The molecule has 0 aliphatic carbocycles. The fraction of sp³-hybridized carbons (Fsp3) is 0.200. The lowest BCUT2D eigenvalue weighted by Crippen LogP contribution is -2.37. The van der Waals surface area contributed by atoms with E-state index in [0.29, 0.717) is 11.2 Å². The summed E-state index contributed by atoms with van der Waals surface area (Å²) in [5, 5.41) is 29.7. The van der Waals surface area contributed by atoms with Gasteiger partial charge in [-0.3, -0.25) is 14.3 Å². The monoisotopic (exact) mass is 432 g/mol. The number of carboxylic acids is 2. The van der Waals surface area contributed by atoms with Gasteiger partial charge in [-0.05, 0) is 54.8 Å². The highest BCUT2D eigenvalue weighted by atomic mass is 32.2. The number of carbonyl (C=O) groups is 4. The van der Waals surface area contributed by atoms with Crippen LogP contribution in [0.15, 0.2) is 47.4 Å². The second kappa shape index (κ2) is 10.4. The Morgan fingerprint density at radius 3 is 2.33 bits per heavy atom. The van der Waals surface area contributed by atoms with Gasteiger partial charge in [0.2, 0.25) is 0 Å². The van der Waals surface area contributed by atoms with Gasteiger partial charge in [-0.1, -0.05) is 12.1 Å². The number of aromatic hydroxyl groups is 1. The molecule has 0 saturated heterocycles. The second-order valence-electron chi connectivity index (χ2n) is 6.36. The van der Waals surface area contributed by atoms with Crippen molar-refractivity contribution < 1.29 is 34.5 Å². The smallest absolute Gasteiger partial charge is 0.339 e. The zero-order valence-electron chi connectivity index (χ0n) is 15.9. The van der Waals surface area contributed by atoms with Crippen LogP contribution in [-0.4, -0.2) is 45.5 Å². The molecular formula is C20H20N2O7S. The third-order valence-corrected chi connectivity index (χ3v) is 5.06. The molecule has 0 spiro atoms. The Hall–Kier alpha value is -3.37. The maximum atomic E-state index is 12.2. The van der Waals surface area contributed by atoms with Gasteiger partial charge in [-0.25, -0.2) is 4.79 Å². The van der Waals surface area contributed by atoms with Crippen molar-refractivity contribution in [3.8, 4) is 5.75 Å². The molecule has 158 valence electrons. The molecule has 0 aromatic heterocycles. The zero-order valence-corrected chi connectivity index (χ0v) is 16.7. The highest BCUT2D eigenvalue weighted by molar-refractivity contribution is 7.97. The van der Waals surface area contributed by atoms with Crippen molar-refractivity contribution >= 4 is 36.1 Å². The van der Waals surface area contributed by atoms with Crippen molar-refractivity contribution in [2.75, 3.05) is 0 Å². The summed E-state index contributed by atoms with van der Waals surface area (Å²) in [4.78, 5) is 45.4. The van der Waals surface area contributed by atoms with Crippen molar-refractivity contribution in [2.45, 2.75) is 30.3 Å². The van der Waals surface area contributed by atoms with E-state index in [2.05, 4.69) is 10.0 Å². The summed E-state index contributed by atoms with van der Waals surface area (Å²) >= 11 is 1.19. The molecular weight excluding hydrogens is 412 g/mol. The van der Waals surface area contributed by atoms with Gasteiger partial charge in [0.1, 0.15) is 17.6 Å². The fourth-order valence-corrected chi connectivity index (χ4v) is 3.23. The summed E-state index contributed by atoms with van der Waals surface area (Å²) < 4.78 is 3.14. The number of hydrogen-bond acceptors (Lipinski definition) is 7. The number of benzene rings is 2. The van der Waals surface area contributed by atoms with Gasteiger partial charge in [-0.2, -0.15) is 0 Å². The first-order chi connectivity index (χ1) is 14.2. The molecule has 30 heavy (non-hydrogen) atoms. The maximum Gasteiger partial charge on any atom is 0.339 e. The third kappa shape index (κ3) is 6.33. The number of aromatic carboxylic acids is 1. The molecule has 0 aliphatic rings. The van der Waals surface area contributed by atoms with Crippen LogP contribution in [-0.2, 0) is 9.59 Å². The molecule has 0 bridgehead atoms. The summed E-state index contributed by atoms with van der Waals surface area (Å²) in [5.74, 6) is -3.28. The number of carboxylic acid groups (broad SMARTS) is 2. The van der Waals surface area contributed by atoms with E-state index in [1.165, 1.54) is 24.1 Å². The number of aldehydes is 1. The van der Waals surface area contributed by atoms with Gasteiger partial charge in [0.15, 0.2) is 0 Å². The minimum absolute atomic E-state index is 0.163. The quantitative estimate of drug-likeness (QED) is 0.281. The molecule has 2 atom stereocenters. The lowest BCUT2D eigenvalue weighted by atomic mass is 10.1. The van der Waals surface area contributed by atoms with Gasteiger partial charge in [0, 0.05) is 16.5 Å². The van der Waals surface area contributed by atoms with Gasteiger partial charge >= 0.3 is 11.9 Å². The van der Waals surface area contributed by atoms with Crippen LogP contribution in [0.1, 0.15) is 45.7 Å². The molecule has 10 heteroatoms. The van der Waals surface area contributed by atoms with E-state index in [0.717, 1.165) is 5.56 Å². The average Bonchev–Trinajstić information content (AvgIpc) is 2.71. The lowest BCUT2D eigenvalue weighted by Gasteiger charge is -2.15. The van der Waals surface area contributed by atoms with Crippen LogP contribution < -0.4 is 10.0 Å². The third-order valence-electron chi connectivity index (χ3n) is 4.10. The first-order valence-electron chi connectivity index (χ1n) is 8.78. The Morgan fingerprint density at radius 2 is 1.77 bits per heavy atom. The molecule has 2 rings (SSSR count). The normalized spacial score (nSPS) is 12.6. The van der Waals surface area contributed by atoms with E-state index in [1.807, 2.05) is 6.92 Å². The van der Waals surface area contributed by atoms with Crippen molar-refractivity contribution in [2.24, 2.45) is 0 Å². The minimum Gasteiger partial charge on any atom is -0.507 e. The minimum atomic E-state index is -1.22. The zero-order chi connectivity index (χ0) is 22.3. The standard InChI is InChI=1S/C20H20N2O7S/c1-11(22-30-15-6-7-17(24)16(9-15)20(28)29)12-2-4-13(5-3-12)19(27)21-14(10-23)8-18(25)26/h2-7,9-11,14,22,24H,8H2,1H3,(H,21,27)(H,25,26)(H,28,29)/t11?,14-/m0/s1. The first-order valence-corrected chi connectivity index (χ1v) is 9.59. The van der Waals surface area contributed by atoms with E-state index in [4.69, 9.17) is 10.2 Å². The number of amides is 1. The number of carbonyl (C=O) groups excluding carboxylic acids is 2. The Bertz CT molecular complexity index is 947. The highest BCUT2D eigenvalue weighted by Crippen LogP contribution is 2.26. The van der Waals surface area contributed by atoms with Gasteiger partial charge in [0.05, 0.1) is 12.5 Å². The van der Waals surface area contributed by atoms with Crippen molar-refractivity contribution in [3.63, 3.8) is 0 Å². The van der Waals surface area contributed by atoms with Crippen molar-refractivity contribution in [1.82, 2.24) is 10.0 Å². The Labute approximate surface area is 176 Å². The van der Waals surface area contributed by atoms with E-state index in [1.54, 1.807) is 30.3 Å². The predicted octanol–water partition coefficient (Wildman–Crippen LogP) is 2.22. The number of rotatable bonds is 10. The van der Waals surface area contributed by atoms with Crippen molar-refractivity contribution in [3.05, 3.63) is 59.2 Å². The van der Waals surface area contributed by atoms with Crippen molar-refractivity contribution in [1.29, 1.82) is 0 Å². The van der Waals surface area contributed by atoms with E-state index in [-0.39, 0.29) is 22.9 Å². The fourth-order valence-electron chi connectivity index (χ4n) is 2.47.